The normalized spacial score (nSPS) is 20.7. The second kappa shape index (κ2) is 6.83. The fourth-order valence-electron chi connectivity index (χ4n) is 2.18. The lowest BCUT2D eigenvalue weighted by Crippen LogP contribution is -2.44. The van der Waals surface area contributed by atoms with Gasteiger partial charge in [0, 0.05) is 32.2 Å². The highest BCUT2D eigenvalue weighted by Gasteiger charge is 2.23. The van der Waals surface area contributed by atoms with Crippen LogP contribution in [0.4, 0.5) is 0 Å². The van der Waals surface area contributed by atoms with Crippen LogP contribution in [0.1, 0.15) is 33.1 Å². The van der Waals surface area contributed by atoms with Gasteiger partial charge in [0.1, 0.15) is 0 Å². The Hall–Kier alpha value is -0.650. The highest BCUT2D eigenvalue weighted by atomic mass is 16.5. The van der Waals surface area contributed by atoms with Crippen molar-refractivity contribution in [3.63, 3.8) is 0 Å². The van der Waals surface area contributed by atoms with Crippen LogP contribution in [0.25, 0.3) is 0 Å². The first-order chi connectivity index (χ1) is 7.67. The summed E-state index contributed by atoms with van der Waals surface area (Å²) in [5.74, 6) is 4.98. The number of nitrogens with one attached hydrogen (secondary N) is 1. The Kier molecular flexibility index (Phi) is 5.73. The topological polar surface area (TPSA) is 67.6 Å². The number of rotatable bonds is 5. The van der Waals surface area contributed by atoms with Crippen LogP contribution >= 0.6 is 0 Å². The first-order valence-corrected chi connectivity index (χ1v) is 6.02. The third-order valence-electron chi connectivity index (χ3n) is 3.14. The summed E-state index contributed by atoms with van der Waals surface area (Å²) in [6, 6.07) is 0.256. The number of carbonyl (C=O) groups excluding carboxylic acids is 1. The van der Waals surface area contributed by atoms with Crippen LogP contribution in [-0.4, -0.2) is 42.6 Å². The number of ether oxygens (including phenoxy) is 1. The molecule has 1 unspecified atom stereocenters. The van der Waals surface area contributed by atoms with E-state index in [1.54, 1.807) is 0 Å². The average Bonchev–Trinajstić information content (AvgIpc) is 2.30. The van der Waals surface area contributed by atoms with E-state index < -0.39 is 0 Å². The number of hydrogen-bond acceptors (Lipinski definition) is 4. The SMILES string of the molecule is CCOC1CCN(C(C)CC(=O)NN)CC1. The molecule has 0 bridgehead atoms. The molecule has 16 heavy (non-hydrogen) atoms. The minimum atomic E-state index is -0.0977. The lowest BCUT2D eigenvalue weighted by atomic mass is 10.0. The van der Waals surface area contributed by atoms with Crippen LogP contribution in [0.2, 0.25) is 0 Å². The second-order valence-corrected chi connectivity index (χ2v) is 4.31. The van der Waals surface area contributed by atoms with Gasteiger partial charge in [0.15, 0.2) is 0 Å². The Balaban J connectivity index is 2.27. The third kappa shape index (κ3) is 4.08. The molecule has 0 saturated carbocycles. The summed E-state index contributed by atoms with van der Waals surface area (Å²) in [4.78, 5) is 13.5. The van der Waals surface area contributed by atoms with Crippen molar-refractivity contribution in [2.45, 2.75) is 45.3 Å². The van der Waals surface area contributed by atoms with E-state index in [0.29, 0.717) is 12.5 Å². The van der Waals surface area contributed by atoms with Crippen LogP contribution in [-0.2, 0) is 9.53 Å². The second-order valence-electron chi connectivity index (χ2n) is 4.31. The molecule has 1 atom stereocenters. The highest BCUT2D eigenvalue weighted by molar-refractivity contribution is 5.75. The Bertz CT molecular complexity index is 215. The van der Waals surface area contributed by atoms with Crippen LogP contribution in [0.5, 0.6) is 0 Å². The van der Waals surface area contributed by atoms with Crippen molar-refractivity contribution in [3.8, 4) is 0 Å². The number of nitrogens with two attached hydrogens (primary N) is 1. The molecule has 5 nitrogen and oxygen atoms in total. The van der Waals surface area contributed by atoms with Gasteiger partial charge in [-0.05, 0) is 26.7 Å². The molecule has 1 rings (SSSR count). The summed E-state index contributed by atoms with van der Waals surface area (Å²) in [6.45, 7) is 6.89. The predicted octanol–water partition coefficient (Wildman–Crippen LogP) is 0.256. The quantitative estimate of drug-likeness (QED) is 0.403. The van der Waals surface area contributed by atoms with E-state index in [4.69, 9.17) is 10.6 Å². The molecular formula is C11H23N3O2. The van der Waals surface area contributed by atoms with Crippen molar-refractivity contribution in [1.82, 2.24) is 10.3 Å². The van der Waals surface area contributed by atoms with Gasteiger partial charge in [-0.1, -0.05) is 0 Å². The Morgan fingerprint density at radius 3 is 2.69 bits per heavy atom. The molecule has 0 aromatic carbocycles. The molecule has 1 aliphatic heterocycles. The van der Waals surface area contributed by atoms with Gasteiger partial charge in [-0.3, -0.25) is 15.1 Å². The maximum atomic E-state index is 11.1. The molecule has 0 aliphatic carbocycles. The minimum Gasteiger partial charge on any atom is -0.378 e. The Morgan fingerprint density at radius 1 is 1.56 bits per heavy atom. The molecule has 1 amide bonds. The van der Waals surface area contributed by atoms with Gasteiger partial charge in [-0.2, -0.15) is 0 Å². The molecule has 0 spiro atoms. The summed E-state index contributed by atoms with van der Waals surface area (Å²) >= 11 is 0. The molecule has 0 aromatic heterocycles. The fraction of sp³-hybridized carbons (Fsp3) is 0.909. The van der Waals surface area contributed by atoms with Gasteiger partial charge in [-0.25, -0.2) is 5.84 Å². The zero-order valence-corrected chi connectivity index (χ0v) is 10.2. The number of hydrazine groups is 1. The van der Waals surface area contributed by atoms with Crippen molar-refractivity contribution in [2.24, 2.45) is 5.84 Å². The van der Waals surface area contributed by atoms with Crippen LogP contribution in [0.3, 0.4) is 0 Å². The molecule has 5 heteroatoms. The van der Waals surface area contributed by atoms with E-state index in [1.807, 2.05) is 6.92 Å². The first kappa shape index (κ1) is 13.4. The lowest BCUT2D eigenvalue weighted by Gasteiger charge is -2.35. The maximum Gasteiger partial charge on any atom is 0.235 e. The number of hydrogen-bond donors (Lipinski definition) is 2. The number of nitrogens with zero attached hydrogens (tertiary/aromatic N) is 1. The fourth-order valence-corrected chi connectivity index (χ4v) is 2.18. The van der Waals surface area contributed by atoms with Gasteiger partial charge >= 0.3 is 0 Å². The lowest BCUT2D eigenvalue weighted by molar-refractivity contribution is -0.122. The van der Waals surface area contributed by atoms with E-state index in [2.05, 4.69) is 17.2 Å². The number of amides is 1. The molecular weight excluding hydrogens is 206 g/mol. The summed E-state index contributed by atoms with van der Waals surface area (Å²) in [6.07, 6.45) is 2.98. The Morgan fingerprint density at radius 2 is 2.19 bits per heavy atom. The van der Waals surface area contributed by atoms with E-state index in [0.717, 1.165) is 32.5 Å². The van der Waals surface area contributed by atoms with Gasteiger partial charge in [0.2, 0.25) is 5.91 Å². The largest absolute Gasteiger partial charge is 0.378 e. The van der Waals surface area contributed by atoms with Crippen LogP contribution in [0.15, 0.2) is 0 Å². The summed E-state index contributed by atoms with van der Waals surface area (Å²) < 4.78 is 5.59. The monoisotopic (exact) mass is 229 g/mol. The van der Waals surface area contributed by atoms with E-state index >= 15 is 0 Å². The highest BCUT2D eigenvalue weighted by Crippen LogP contribution is 2.17. The average molecular weight is 229 g/mol. The first-order valence-electron chi connectivity index (χ1n) is 6.02. The summed E-state index contributed by atoms with van der Waals surface area (Å²) in [7, 11) is 0. The van der Waals surface area contributed by atoms with E-state index in [1.165, 1.54) is 0 Å². The number of carbonyl (C=O) groups is 1. The standard InChI is InChI=1S/C11H23N3O2/c1-3-16-10-4-6-14(7-5-10)9(2)8-11(15)13-12/h9-10H,3-8,12H2,1-2H3,(H,13,15). The van der Waals surface area contributed by atoms with Crippen molar-refractivity contribution in [2.75, 3.05) is 19.7 Å². The van der Waals surface area contributed by atoms with Crippen molar-refractivity contribution < 1.29 is 9.53 Å². The third-order valence-corrected chi connectivity index (χ3v) is 3.14. The minimum absolute atomic E-state index is 0.0977. The molecule has 1 fully saturated rings. The molecule has 1 aliphatic rings. The van der Waals surface area contributed by atoms with Crippen molar-refractivity contribution >= 4 is 5.91 Å². The molecule has 1 saturated heterocycles. The Labute approximate surface area is 97.3 Å². The van der Waals surface area contributed by atoms with Gasteiger partial charge in [0.25, 0.3) is 0 Å². The molecule has 3 N–H and O–H groups in total. The van der Waals surface area contributed by atoms with E-state index in [-0.39, 0.29) is 11.9 Å². The summed E-state index contributed by atoms with van der Waals surface area (Å²) in [5.41, 5.74) is 2.17. The number of likely N-dealkylation sites (tertiary alicyclic amines) is 1. The van der Waals surface area contributed by atoms with Crippen LogP contribution in [0, 0.1) is 0 Å². The van der Waals surface area contributed by atoms with Gasteiger partial charge in [0.05, 0.1) is 6.10 Å². The van der Waals surface area contributed by atoms with Gasteiger partial charge < -0.3 is 4.74 Å². The number of piperidine rings is 1. The van der Waals surface area contributed by atoms with E-state index in [9.17, 15) is 4.79 Å². The molecule has 0 radical (unpaired) electrons. The maximum absolute atomic E-state index is 11.1. The van der Waals surface area contributed by atoms with Crippen molar-refractivity contribution in [1.29, 1.82) is 0 Å². The zero-order valence-electron chi connectivity index (χ0n) is 10.2. The van der Waals surface area contributed by atoms with Crippen molar-refractivity contribution in [3.05, 3.63) is 0 Å². The predicted molar refractivity (Wildman–Crippen MR) is 62.6 cm³/mol. The van der Waals surface area contributed by atoms with Crippen LogP contribution < -0.4 is 11.3 Å². The molecule has 94 valence electrons. The zero-order chi connectivity index (χ0) is 12.0. The summed E-state index contributed by atoms with van der Waals surface area (Å²) in [5, 5.41) is 0. The molecule has 0 aromatic rings. The van der Waals surface area contributed by atoms with Gasteiger partial charge in [-0.15, -0.1) is 0 Å². The smallest absolute Gasteiger partial charge is 0.235 e. The molecule has 1 heterocycles.